The number of hydrogen-bond donors (Lipinski definition) is 1. The molecule has 1 aromatic rings. The average molecular weight is 278 g/mol. The molecule has 0 aromatic heterocycles. The first-order valence-electron chi connectivity index (χ1n) is 7.38. The van der Waals surface area contributed by atoms with Gasteiger partial charge in [0.1, 0.15) is 5.75 Å². The number of benzene rings is 1. The molecule has 0 aliphatic carbocycles. The molecule has 1 aromatic carbocycles. The lowest BCUT2D eigenvalue weighted by molar-refractivity contribution is -0.143. The molecule has 20 heavy (non-hydrogen) atoms. The summed E-state index contributed by atoms with van der Waals surface area (Å²) in [6.45, 7) is 6.25. The van der Waals surface area contributed by atoms with Gasteiger partial charge in [-0.15, -0.1) is 0 Å². The van der Waals surface area contributed by atoms with E-state index in [1.807, 2.05) is 24.3 Å². The molecule has 0 bridgehead atoms. The quantitative estimate of drug-likeness (QED) is 0.770. The fourth-order valence-electron chi connectivity index (χ4n) is 2.86. The van der Waals surface area contributed by atoms with Crippen LogP contribution >= 0.6 is 0 Å². The molecule has 0 radical (unpaired) electrons. The number of ether oxygens (including phenoxy) is 1. The van der Waals surface area contributed by atoms with Crippen LogP contribution < -0.4 is 4.74 Å². The van der Waals surface area contributed by atoms with Gasteiger partial charge in [-0.2, -0.15) is 0 Å². The Morgan fingerprint density at radius 3 is 2.45 bits per heavy atom. The van der Waals surface area contributed by atoms with Crippen molar-refractivity contribution >= 4 is 5.97 Å². The fourth-order valence-corrected chi connectivity index (χ4v) is 2.86. The second kappa shape index (κ2) is 7.93. The molecular formula is C17H26O3. The van der Waals surface area contributed by atoms with Crippen molar-refractivity contribution in [2.24, 2.45) is 11.8 Å². The molecule has 0 aliphatic heterocycles. The number of rotatable bonds is 8. The van der Waals surface area contributed by atoms with Gasteiger partial charge in [0.05, 0.1) is 13.0 Å². The molecule has 0 saturated carbocycles. The second-order valence-electron chi connectivity index (χ2n) is 5.60. The Kier molecular flexibility index (Phi) is 6.56. The predicted octanol–water partition coefficient (Wildman–Crippen LogP) is 4.33. The van der Waals surface area contributed by atoms with Crippen LogP contribution in [0.3, 0.4) is 0 Å². The smallest absolute Gasteiger partial charge is 0.307 e. The minimum Gasteiger partial charge on any atom is -0.496 e. The zero-order chi connectivity index (χ0) is 15.1. The van der Waals surface area contributed by atoms with E-state index in [-0.39, 0.29) is 17.8 Å². The maximum absolute atomic E-state index is 11.7. The number of unbranched alkanes of at least 4 members (excludes halogenated alkanes) is 1. The highest BCUT2D eigenvalue weighted by Gasteiger charge is 2.32. The van der Waals surface area contributed by atoms with E-state index in [1.54, 1.807) is 7.11 Å². The van der Waals surface area contributed by atoms with Crippen LogP contribution in [0.4, 0.5) is 0 Å². The molecule has 0 fully saturated rings. The first-order valence-corrected chi connectivity index (χ1v) is 7.38. The lowest BCUT2D eigenvalue weighted by Crippen LogP contribution is -2.26. The van der Waals surface area contributed by atoms with E-state index < -0.39 is 5.97 Å². The van der Waals surface area contributed by atoms with Gasteiger partial charge in [0.15, 0.2) is 0 Å². The molecule has 3 nitrogen and oxygen atoms in total. The van der Waals surface area contributed by atoms with Gasteiger partial charge in [0.25, 0.3) is 0 Å². The summed E-state index contributed by atoms with van der Waals surface area (Å²) in [5.41, 5.74) is 1.01. The number of carboxylic acid groups (broad SMARTS) is 1. The Bertz CT molecular complexity index is 426. The summed E-state index contributed by atoms with van der Waals surface area (Å²) in [7, 11) is 1.64. The third-order valence-corrected chi connectivity index (χ3v) is 3.84. The van der Waals surface area contributed by atoms with Crippen molar-refractivity contribution in [2.75, 3.05) is 7.11 Å². The Balaban J connectivity index is 3.17. The van der Waals surface area contributed by atoms with E-state index >= 15 is 0 Å². The monoisotopic (exact) mass is 278 g/mol. The van der Waals surface area contributed by atoms with Gasteiger partial charge in [-0.3, -0.25) is 4.79 Å². The van der Waals surface area contributed by atoms with Crippen LogP contribution in [0.2, 0.25) is 0 Å². The summed E-state index contributed by atoms with van der Waals surface area (Å²) in [5, 5.41) is 9.60. The number of carbonyl (C=O) groups is 1. The summed E-state index contributed by atoms with van der Waals surface area (Å²) in [4.78, 5) is 11.7. The van der Waals surface area contributed by atoms with Crippen LogP contribution in [-0.4, -0.2) is 18.2 Å². The zero-order valence-corrected chi connectivity index (χ0v) is 12.9. The van der Waals surface area contributed by atoms with Crippen LogP contribution in [0.5, 0.6) is 5.75 Å². The van der Waals surface area contributed by atoms with Crippen LogP contribution in [0.1, 0.15) is 51.5 Å². The molecule has 1 N–H and O–H groups in total. The number of carboxylic acids is 1. The van der Waals surface area contributed by atoms with Crippen LogP contribution in [0.25, 0.3) is 0 Å². The summed E-state index contributed by atoms with van der Waals surface area (Å²) >= 11 is 0. The van der Waals surface area contributed by atoms with Gasteiger partial charge in [-0.25, -0.2) is 0 Å². The van der Waals surface area contributed by atoms with Crippen molar-refractivity contribution in [2.45, 2.75) is 46.0 Å². The molecule has 0 spiro atoms. The van der Waals surface area contributed by atoms with E-state index in [9.17, 15) is 9.90 Å². The van der Waals surface area contributed by atoms with Crippen LogP contribution in [0.15, 0.2) is 24.3 Å². The van der Waals surface area contributed by atoms with Gasteiger partial charge < -0.3 is 9.84 Å². The van der Waals surface area contributed by atoms with Gasteiger partial charge in [-0.05, 0) is 24.0 Å². The minimum atomic E-state index is -0.706. The highest BCUT2D eigenvalue weighted by Crippen LogP contribution is 2.39. The van der Waals surface area contributed by atoms with Crippen molar-refractivity contribution in [1.82, 2.24) is 0 Å². The molecule has 112 valence electrons. The fraction of sp³-hybridized carbons (Fsp3) is 0.588. The van der Waals surface area contributed by atoms with Gasteiger partial charge in [-0.1, -0.05) is 51.8 Å². The molecule has 3 heteroatoms. The number of para-hydroxylation sites is 1. The Labute approximate surface area is 122 Å². The lowest BCUT2D eigenvalue weighted by Gasteiger charge is -2.29. The molecule has 2 atom stereocenters. The SMILES string of the molecule is CCCCC(C(=O)O)C(c1ccccc1OC)C(C)C. The van der Waals surface area contributed by atoms with Crippen molar-refractivity contribution in [3.63, 3.8) is 0 Å². The highest BCUT2D eigenvalue weighted by atomic mass is 16.5. The predicted molar refractivity (Wildman–Crippen MR) is 81.2 cm³/mol. The number of hydrogen-bond acceptors (Lipinski definition) is 2. The lowest BCUT2D eigenvalue weighted by atomic mass is 9.76. The van der Waals surface area contributed by atoms with Gasteiger partial charge >= 0.3 is 5.97 Å². The number of aliphatic carboxylic acids is 1. The molecule has 2 unspecified atom stereocenters. The van der Waals surface area contributed by atoms with Crippen molar-refractivity contribution in [1.29, 1.82) is 0 Å². The Morgan fingerprint density at radius 2 is 1.95 bits per heavy atom. The van der Waals surface area contributed by atoms with Gasteiger partial charge in [0.2, 0.25) is 0 Å². The molecule has 0 amide bonds. The molecule has 0 aliphatic rings. The maximum atomic E-state index is 11.7. The van der Waals surface area contributed by atoms with Crippen molar-refractivity contribution in [3.05, 3.63) is 29.8 Å². The first-order chi connectivity index (χ1) is 9.52. The van der Waals surface area contributed by atoms with E-state index in [0.717, 1.165) is 24.2 Å². The summed E-state index contributed by atoms with van der Waals surface area (Å²) in [5.74, 6) is -0.0392. The van der Waals surface area contributed by atoms with Crippen molar-refractivity contribution < 1.29 is 14.6 Å². The second-order valence-corrected chi connectivity index (χ2v) is 5.60. The summed E-state index contributed by atoms with van der Waals surface area (Å²) in [6, 6.07) is 7.77. The van der Waals surface area contributed by atoms with E-state index in [0.29, 0.717) is 6.42 Å². The van der Waals surface area contributed by atoms with E-state index in [1.165, 1.54) is 0 Å². The molecular weight excluding hydrogens is 252 g/mol. The van der Waals surface area contributed by atoms with Gasteiger partial charge in [0, 0.05) is 5.92 Å². The highest BCUT2D eigenvalue weighted by molar-refractivity contribution is 5.71. The average Bonchev–Trinajstić information content (AvgIpc) is 2.42. The topological polar surface area (TPSA) is 46.5 Å². The molecule has 0 saturated heterocycles. The Morgan fingerprint density at radius 1 is 1.30 bits per heavy atom. The van der Waals surface area contributed by atoms with Crippen LogP contribution in [-0.2, 0) is 4.79 Å². The maximum Gasteiger partial charge on any atom is 0.307 e. The number of methoxy groups -OCH3 is 1. The molecule has 0 heterocycles. The third-order valence-electron chi connectivity index (χ3n) is 3.84. The summed E-state index contributed by atoms with van der Waals surface area (Å²) in [6.07, 6.45) is 2.67. The van der Waals surface area contributed by atoms with Crippen molar-refractivity contribution in [3.8, 4) is 5.75 Å². The largest absolute Gasteiger partial charge is 0.496 e. The first kappa shape index (κ1) is 16.5. The third kappa shape index (κ3) is 3.99. The zero-order valence-electron chi connectivity index (χ0n) is 12.9. The summed E-state index contributed by atoms with van der Waals surface area (Å²) < 4.78 is 5.42. The Hall–Kier alpha value is -1.51. The van der Waals surface area contributed by atoms with E-state index in [4.69, 9.17) is 4.74 Å². The minimum absolute atomic E-state index is 0.0183. The van der Waals surface area contributed by atoms with E-state index in [2.05, 4.69) is 20.8 Å². The molecule has 1 rings (SSSR count). The van der Waals surface area contributed by atoms with Crippen LogP contribution in [0, 0.1) is 11.8 Å². The standard InChI is InChI=1S/C17H26O3/c1-5-6-9-14(17(18)19)16(12(2)3)13-10-7-8-11-15(13)20-4/h7-8,10-12,14,16H,5-6,9H2,1-4H3,(H,18,19). The normalized spacial score (nSPS) is 14.1.